The van der Waals surface area contributed by atoms with Crippen LogP contribution in [-0.4, -0.2) is 38.6 Å². The van der Waals surface area contributed by atoms with E-state index in [1.807, 2.05) is 30.5 Å². The normalized spacial score (nSPS) is 20.2. The average molecular weight is 478 g/mol. The van der Waals surface area contributed by atoms with Crippen LogP contribution in [0.1, 0.15) is 50.3 Å². The van der Waals surface area contributed by atoms with Crippen molar-refractivity contribution in [3.05, 3.63) is 59.4 Å². The molecule has 5 rings (SSSR count). The van der Waals surface area contributed by atoms with Crippen LogP contribution in [0.15, 0.2) is 36.5 Å². The summed E-state index contributed by atoms with van der Waals surface area (Å²) >= 11 is 0. The number of benzene rings is 2. The van der Waals surface area contributed by atoms with Gasteiger partial charge in [0.1, 0.15) is 0 Å². The molecule has 1 saturated carbocycles. The van der Waals surface area contributed by atoms with Crippen molar-refractivity contribution in [2.24, 2.45) is 0 Å². The molecule has 0 bridgehead atoms. The fraction of sp³-hybridized carbons (Fsp3) is 0.346. The number of rotatable bonds is 6. The minimum Gasteiger partial charge on any atom is -0.479 e. The number of nitrogens with zero attached hydrogens (tertiary/aromatic N) is 3. The number of nitrogens with one attached hydrogen (secondary N) is 1. The van der Waals surface area contributed by atoms with Gasteiger partial charge in [-0.05, 0) is 48.6 Å². The number of ether oxygens (including phenoxy) is 1. The summed E-state index contributed by atoms with van der Waals surface area (Å²) in [7, 11) is 1.39. The van der Waals surface area contributed by atoms with Gasteiger partial charge in [0.25, 0.3) is 0 Å². The first-order valence-corrected chi connectivity index (χ1v) is 11.2. The largest absolute Gasteiger partial charge is 0.479 e. The molecular weight excluding hydrogens is 454 g/mol. The smallest absolute Gasteiger partial charge is 0.335 e. The highest BCUT2D eigenvalue weighted by Crippen LogP contribution is 2.53. The number of aromatic nitrogens is 3. The van der Waals surface area contributed by atoms with Gasteiger partial charge in [-0.3, -0.25) is 5.10 Å². The Balaban J connectivity index is 1.86. The van der Waals surface area contributed by atoms with Gasteiger partial charge in [-0.15, -0.1) is 0 Å². The monoisotopic (exact) mass is 478 g/mol. The third kappa shape index (κ3) is 3.40. The highest BCUT2D eigenvalue weighted by atomic mass is 19.2. The number of H-pyrrole nitrogens is 1. The van der Waals surface area contributed by atoms with Crippen LogP contribution in [0, 0.1) is 23.0 Å². The van der Waals surface area contributed by atoms with Crippen molar-refractivity contribution in [1.82, 2.24) is 14.8 Å². The van der Waals surface area contributed by atoms with E-state index in [4.69, 9.17) is 4.74 Å². The molecule has 0 aliphatic heterocycles. The first kappa shape index (κ1) is 23.0. The lowest BCUT2D eigenvalue weighted by atomic mass is 9.65. The maximum atomic E-state index is 14.4. The van der Waals surface area contributed by atoms with Crippen molar-refractivity contribution in [2.75, 3.05) is 7.11 Å². The Labute approximate surface area is 199 Å². The third-order valence-corrected chi connectivity index (χ3v) is 7.23. The van der Waals surface area contributed by atoms with Crippen molar-refractivity contribution >= 4 is 27.8 Å². The number of carboxylic acid groups (broad SMARTS) is 1. The van der Waals surface area contributed by atoms with E-state index in [0.717, 1.165) is 45.2 Å². The molecule has 2 aromatic heterocycles. The zero-order chi connectivity index (χ0) is 25.1. The number of nitriles is 1. The molecule has 180 valence electrons. The minimum atomic E-state index is -1.28. The zero-order valence-electron chi connectivity index (χ0n) is 19.5. The van der Waals surface area contributed by atoms with E-state index in [9.17, 15) is 23.9 Å². The van der Waals surface area contributed by atoms with E-state index in [1.165, 1.54) is 13.2 Å². The van der Waals surface area contributed by atoms with E-state index in [2.05, 4.69) is 16.3 Å². The molecule has 35 heavy (non-hydrogen) atoms. The maximum Gasteiger partial charge on any atom is 0.335 e. The molecule has 9 heteroatoms. The number of halogens is 2. The molecule has 1 fully saturated rings. The highest BCUT2D eigenvalue weighted by molar-refractivity contribution is 5.99. The van der Waals surface area contributed by atoms with Crippen LogP contribution >= 0.6 is 0 Å². The highest BCUT2D eigenvalue weighted by Gasteiger charge is 2.53. The van der Waals surface area contributed by atoms with Gasteiger partial charge in [-0.25, -0.2) is 13.6 Å². The molecule has 0 amide bonds. The number of methoxy groups -OCH3 is 1. The van der Waals surface area contributed by atoms with Crippen molar-refractivity contribution < 1.29 is 23.4 Å². The summed E-state index contributed by atoms with van der Waals surface area (Å²) in [4.78, 5) is 11.9. The molecule has 2 N–H and O–H groups in total. The second-order valence-electron chi connectivity index (χ2n) is 9.85. The molecular formula is C26H24F2N4O3. The zero-order valence-corrected chi connectivity index (χ0v) is 19.5. The number of hydrogen-bond acceptors (Lipinski definition) is 4. The van der Waals surface area contributed by atoms with E-state index < -0.39 is 28.6 Å². The van der Waals surface area contributed by atoms with E-state index >= 15 is 0 Å². The Hall–Kier alpha value is -3.77. The molecule has 0 spiro atoms. The van der Waals surface area contributed by atoms with Crippen LogP contribution in [0.3, 0.4) is 0 Å². The van der Waals surface area contributed by atoms with E-state index in [0.29, 0.717) is 5.69 Å². The lowest BCUT2D eigenvalue weighted by molar-refractivity contribution is -0.175. The third-order valence-electron chi connectivity index (χ3n) is 7.23. The molecule has 1 aliphatic carbocycles. The first-order valence-electron chi connectivity index (χ1n) is 11.2. The molecule has 2 aromatic carbocycles. The SMILES string of the molecule is CO[C@]1(C(=O)O)C[C@H](c2c(C(C)(C)CC#N)n(-c3ccc(F)c(F)c3)c3cc4cn[nH]c4cc32)C1. The Morgan fingerprint density at radius 2 is 2.06 bits per heavy atom. The minimum absolute atomic E-state index is 0.167. The Morgan fingerprint density at radius 1 is 1.31 bits per heavy atom. The first-order chi connectivity index (χ1) is 16.6. The number of aliphatic carboxylic acids is 1. The van der Waals surface area contributed by atoms with E-state index in [-0.39, 0.29) is 25.2 Å². The fourth-order valence-corrected chi connectivity index (χ4v) is 5.37. The fourth-order valence-electron chi connectivity index (χ4n) is 5.37. The molecule has 0 saturated heterocycles. The Kier molecular flexibility index (Phi) is 5.18. The van der Waals surface area contributed by atoms with Crippen LogP contribution in [0.25, 0.3) is 27.5 Å². The predicted molar refractivity (Wildman–Crippen MR) is 125 cm³/mol. The average Bonchev–Trinajstić information content (AvgIpc) is 3.36. The summed E-state index contributed by atoms with van der Waals surface area (Å²) in [5.41, 5.74) is 1.63. The van der Waals surface area contributed by atoms with Crippen LogP contribution in [0.4, 0.5) is 8.78 Å². The molecule has 1 aliphatic rings. The predicted octanol–water partition coefficient (Wildman–Crippen LogP) is 5.32. The second kappa shape index (κ2) is 7.89. The van der Waals surface area contributed by atoms with Gasteiger partial charge in [0.05, 0.1) is 23.3 Å². The number of fused-ring (bicyclic) bond motifs is 2. The standard InChI is InChI=1S/C26H24F2N4O3/c1-25(2,6-7-29)23-22(15-11-26(12-15,35-3)24(33)34)17-10-20-14(13-30-31-20)8-21(17)32(23)16-4-5-18(27)19(28)9-16/h4-5,8-10,13,15H,6,11-12H2,1-3H3,(H,30,31)(H,33,34)/t15-,26+. The van der Waals surface area contributed by atoms with Gasteiger partial charge >= 0.3 is 5.97 Å². The van der Waals surface area contributed by atoms with E-state index in [1.54, 1.807) is 6.20 Å². The van der Waals surface area contributed by atoms with Crippen LogP contribution in [0.5, 0.6) is 0 Å². The number of carboxylic acids is 1. The van der Waals surface area contributed by atoms with Crippen LogP contribution in [-0.2, 0) is 14.9 Å². The Bertz CT molecular complexity index is 1520. The van der Waals surface area contributed by atoms with Crippen molar-refractivity contribution in [2.45, 2.75) is 50.0 Å². The molecule has 0 atom stereocenters. The summed E-state index contributed by atoms with van der Waals surface area (Å²) in [6, 6.07) is 9.84. The van der Waals surface area contributed by atoms with Crippen molar-refractivity contribution in [1.29, 1.82) is 5.26 Å². The van der Waals surface area contributed by atoms with Gasteiger partial charge in [-0.2, -0.15) is 10.4 Å². The van der Waals surface area contributed by atoms with Gasteiger partial charge in [0.15, 0.2) is 17.2 Å². The molecule has 2 heterocycles. The molecule has 4 aromatic rings. The number of hydrogen-bond donors (Lipinski definition) is 2. The second-order valence-corrected chi connectivity index (χ2v) is 9.85. The number of carbonyl (C=O) groups is 1. The summed E-state index contributed by atoms with van der Waals surface area (Å²) in [6.45, 7) is 3.86. The quantitative estimate of drug-likeness (QED) is 0.390. The van der Waals surface area contributed by atoms with Gasteiger partial charge in [0, 0.05) is 47.2 Å². The summed E-state index contributed by atoms with van der Waals surface area (Å²) in [5.74, 6) is -3.12. The lowest BCUT2D eigenvalue weighted by Crippen LogP contribution is -2.51. The Morgan fingerprint density at radius 3 is 2.69 bits per heavy atom. The topological polar surface area (TPSA) is 104 Å². The molecule has 0 unspecified atom stereocenters. The summed E-state index contributed by atoms with van der Waals surface area (Å²) in [5, 5.41) is 28.1. The summed E-state index contributed by atoms with van der Waals surface area (Å²) in [6.07, 6.45) is 2.36. The summed E-state index contributed by atoms with van der Waals surface area (Å²) < 4.78 is 35.5. The van der Waals surface area contributed by atoms with Gasteiger partial charge in [0.2, 0.25) is 0 Å². The van der Waals surface area contributed by atoms with Gasteiger partial charge in [-0.1, -0.05) is 13.8 Å². The molecule has 0 radical (unpaired) electrons. The lowest BCUT2D eigenvalue weighted by Gasteiger charge is -2.44. The van der Waals surface area contributed by atoms with Crippen LogP contribution in [0.2, 0.25) is 0 Å². The van der Waals surface area contributed by atoms with Gasteiger partial charge < -0.3 is 14.4 Å². The molecule has 7 nitrogen and oxygen atoms in total. The van der Waals surface area contributed by atoms with Crippen molar-refractivity contribution in [3.8, 4) is 11.8 Å². The maximum absolute atomic E-state index is 14.4. The number of aromatic amines is 1. The van der Waals surface area contributed by atoms with Crippen molar-refractivity contribution in [3.63, 3.8) is 0 Å². The van der Waals surface area contributed by atoms with Crippen LogP contribution < -0.4 is 0 Å².